The first-order chi connectivity index (χ1) is 7.54. The molecule has 0 atom stereocenters. The quantitative estimate of drug-likeness (QED) is 0.450. The van der Waals surface area contributed by atoms with Gasteiger partial charge in [-0.15, -0.1) is 0 Å². The van der Waals surface area contributed by atoms with Crippen molar-refractivity contribution >= 4 is 11.8 Å². The fourth-order valence-corrected chi connectivity index (χ4v) is 1.11. The summed E-state index contributed by atoms with van der Waals surface area (Å²) >= 11 is 0. The molecule has 1 aromatic carbocycles. The molecule has 16 heavy (non-hydrogen) atoms. The van der Waals surface area contributed by atoms with Gasteiger partial charge < -0.3 is 4.74 Å². The summed E-state index contributed by atoms with van der Waals surface area (Å²) < 4.78 is 29.9. The van der Waals surface area contributed by atoms with Gasteiger partial charge in [0.1, 0.15) is 6.42 Å². The van der Waals surface area contributed by atoms with Crippen LogP contribution in [0.25, 0.3) is 0 Å². The van der Waals surface area contributed by atoms with Crippen molar-refractivity contribution in [3.05, 3.63) is 35.4 Å². The largest absolute Gasteiger partial charge is 0.466 e. The third-order valence-electron chi connectivity index (χ3n) is 1.85. The molecule has 0 amide bonds. The van der Waals surface area contributed by atoms with Crippen LogP contribution in [0.15, 0.2) is 18.2 Å². The van der Waals surface area contributed by atoms with Crippen LogP contribution in [0, 0.1) is 11.6 Å². The van der Waals surface area contributed by atoms with Gasteiger partial charge in [-0.3, -0.25) is 9.59 Å². The van der Waals surface area contributed by atoms with Gasteiger partial charge in [0.2, 0.25) is 0 Å². The third-order valence-corrected chi connectivity index (χ3v) is 1.85. The Kier molecular flexibility index (Phi) is 4.10. The van der Waals surface area contributed by atoms with Crippen molar-refractivity contribution in [3.63, 3.8) is 0 Å². The van der Waals surface area contributed by atoms with E-state index in [4.69, 9.17) is 0 Å². The van der Waals surface area contributed by atoms with E-state index in [1.807, 2.05) is 0 Å². The van der Waals surface area contributed by atoms with E-state index in [-0.39, 0.29) is 12.2 Å². The minimum Gasteiger partial charge on any atom is -0.466 e. The number of carbonyl (C=O) groups is 2. The first-order valence-corrected chi connectivity index (χ1v) is 4.68. The molecule has 0 unspecified atom stereocenters. The van der Waals surface area contributed by atoms with Crippen LogP contribution in [0.2, 0.25) is 0 Å². The first kappa shape index (κ1) is 12.3. The summed E-state index contributed by atoms with van der Waals surface area (Å²) in [6.07, 6.45) is -0.473. The second kappa shape index (κ2) is 5.34. The Morgan fingerprint density at radius 2 is 1.94 bits per heavy atom. The number of rotatable bonds is 4. The second-order valence-electron chi connectivity index (χ2n) is 3.03. The van der Waals surface area contributed by atoms with Crippen molar-refractivity contribution in [1.82, 2.24) is 0 Å². The van der Waals surface area contributed by atoms with Gasteiger partial charge >= 0.3 is 5.97 Å². The zero-order chi connectivity index (χ0) is 12.1. The molecular formula is C11H10F2O3. The molecule has 0 spiro atoms. The maximum atomic E-state index is 12.8. The van der Waals surface area contributed by atoms with Crippen molar-refractivity contribution in [3.8, 4) is 0 Å². The second-order valence-corrected chi connectivity index (χ2v) is 3.03. The van der Waals surface area contributed by atoms with Gasteiger partial charge in [-0.2, -0.15) is 0 Å². The lowest BCUT2D eigenvalue weighted by Gasteiger charge is -2.02. The summed E-state index contributed by atoms with van der Waals surface area (Å²) in [6, 6.07) is 2.73. The average molecular weight is 228 g/mol. The molecule has 0 N–H and O–H groups in total. The maximum Gasteiger partial charge on any atom is 0.313 e. The SMILES string of the molecule is CCOC(=O)CC(=O)c1ccc(F)c(F)c1. The predicted molar refractivity (Wildman–Crippen MR) is 51.9 cm³/mol. The van der Waals surface area contributed by atoms with E-state index < -0.39 is 29.8 Å². The van der Waals surface area contributed by atoms with Crippen LogP contribution in [0.3, 0.4) is 0 Å². The molecule has 1 aromatic rings. The molecule has 3 nitrogen and oxygen atoms in total. The number of halogens is 2. The van der Waals surface area contributed by atoms with Crippen LogP contribution >= 0.6 is 0 Å². The lowest BCUT2D eigenvalue weighted by atomic mass is 10.1. The number of carbonyl (C=O) groups excluding carboxylic acids is 2. The molecule has 1 rings (SSSR count). The van der Waals surface area contributed by atoms with E-state index in [0.29, 0.717) is 0 Å². The standard InChI is InChI=1S/C11H10F2O3/c1-2-16-11(15)6-10(14)7-3-4-8(12)9(13)5-7/h3-5H,2,6H2,1H3. The summed E-state index contributed by atoms with van der Waals surface area (Å²) in [4.78, 5) is 22.4. The van der Waals surface area contributed by atoms with Crippen LogP contribution in [0.4, 0.5) is 8.78 Å². The van der Waals surface area contributed by atoms with Crippen LogP contribution in [0.1, 0.15) is 23.7 Å². The number of hydrogen-bond donors (Lipinski definition) is 0. The molecule has 0 saturated heterocycles. The van der Waals surface area contributed by atoms with Crippen molar-refractivity contribution in [2.45, 2.75) is 13.3 Å². The fraction of sp³-hybridized carbons (Fsp3) is 0.273. The van der Waals surface area contributed by atoms with Gasteiger partial charge in [0.25, 0.3) is 0 Å². The number of esters is 1. The Morgan fingerprint density at radius 3 is 2.50 bits per heavy atom. The molecule has 0 aromatic heterocycles. The Bertz CT molecular complexity index is 416. The molecule has 0 bridgehead atoms. The third kappa shape index (κ3) is 3.12. The van der Waals surface area contributed by atoms with Gasteiger partial charge in [-0.1, -0.05) is 0 Å². The molecule has 0 aliphatic carbocycles. The van der Waals surface area contributed by atoms with Gasteiger partial charge in [0, 0.05) is 5.56 Å². The minimum absolute atomic E-state index is 0.0491. The topological polar surface area (TPSA) is 43.4 Å². The Labute approximate surface area is 91.0 Å². The Hall–Kier alpha value is -1.78. The van der Waals surface area contributed by atoms with E-state index >= 15 is 0 Å². The molecule has 5 heteroatoms. The molecular weight excluding hydrogens is 218 g/mol. The van der Waals surface area contributed by atoms with Crippen LogP contribution in [0.5, 0.6) is 0 Å². The lowest BCUT2D eigenvalue weighted by molar-refractivity contribution is -0.141. The van der Waals surface area contributed by atoms with Crippen molar-refractivity contribution < 1.29 is 23.1 Å². The van der Waals surface area contributed by atoms with E-state index in [1.54, 1.807) is 6.92 Å². The highest BCUT2D eigenvalue weighted by Gasteiger charge is 2.14. The summed E-state index contributed by atoms with van der Waals surface area (Å²) in [5, 5.41) is 0. The summed E-state index contributed by atoms with van der Waals surface area (Å²) in [5.41, 5.74) is -0.0491. The minimum atomic E-state index is -1.12. The summed E-state index contributed by atoms with van der Waals surface area (Å²) in [7, 11) is 0. The van der Waals surface area contributed by atoms with E-state index in [2.05, 4.69) is 4.74 Å². The smallest absolute Gasteiger partial charge is 0.313 e. The highest BCUT2D eigenvalue weighted by atomic mass is 19.2. The van der Waals surface area contributed by atoms with E-state index in [1.165, 1.54) is 0 Å². The number of ether oxygens (including phenoxy) is 1. The predicted octanol–water partition coefficient (Wildman–Crippen LogP) is 2.10. The molecule has 0 saturated carbocycles. The fourth-order valence-electron chi connectivity index (χ4n) is 1.11. The molecule has 0 aliphatic rings. The number of ketones is 1. The van der Waals surface area contributed by atoms with Gasteiger partial charge in [-0.05, 0) is 25.1 Å². The molecule has 0 fully saturated rings. The zero-order valence-electron chi connectivity index (χ0n) is 8.63. The molecule has 0 aliphatic heterocycles. The van der Waals surface area contributed by atoms with Gasteiger partial charge in [-0.25, -0.2) is 8.78 Å². The molecule has 86 valence electrons. The number of benzene rings is 1. The normalized spacial score (nSPS) is 9.94. The van der Waals surface area contributed by atoms with Crippen LogP contribution < -0.4 is 0 Å². The molecule has 0 radical (unpaired) electrons. The zero-order valence-corrected chi connectivity index (χ0v) is 8.63. The Balaban J connectivity index is 2.73. The molecule has 0 heterocycles. The van der Waals surface area contributed by atoms with E-state index in [0.717, 1.165) is 18.2 Å². The van der Waals surface area contributed by atoms with Crippen LogP contribution in [-0.2, 0) is 9.53 Å². The number of Topliss-reactive ketones (excluding diaryl/α,β-unsaturated/α-hetero) is 1. The number of hydrogen-bond acceptors (Lipinski definition) is 3. The monoisotopic (exact) mass is 228 g/mol. The first-order valence-electron chi connectivity index (χ1n) is 4.68. The van der Waals surface area contributed by atoms with Crippen molar-refractivity contribution in [2.75, 3.05) is 6.61 Å². The Morgan fingerprint density at radius 1 is 1.25 bits per heavy atom. The lowest BCUT2D eigenvalue weighted by Crippen LogP contribution is -2.11. The van der Waals surface area contributed by atoms with Crippen molar-refractivity contribution in [1.29, 1.82) is 0 Å². The summed E-state index contributed by atoms with van der Waals surface area (Å²) in [6.45, 7) is 1.78. The highest BCUT2D eigenvalue weighted by Crippen LogP contribution is 2.10. The van der Waals surface area contributed by atoms with Crippen LogP contribution in [-0.4, -0.2) is 18.4 Å². The van der Waals surface area contributed by atoms with Gasteiger partial charge in [0.05, 0.1) is 6.61 Å². The highest BCUT2D eigenvalue weighted by molar-refractivity contribution is 6.05. The van der Waals surface area contributed by atoms with E-state index in [9.17, 15) is 18.4 Å². The average Bonchev–Trinajstić information content (AvgIpc) is 2.22. The maximum absolute atomic E-state index is 12.8. The van der Waals surface area contributed by atoms with Crippen molar-refractivity contribution in [2.24, 2.45) is 0 Å². The summed E-state index contributed by atoms with van der Waals surface area (Å²) in [5.74, 6) is -3.43. The van der Waals surface area contributed by atoms with Gasteiger partial charge in [0.15, 0.2) is 17.4 Å².